The molecule has 0 aromatic rings. The summed E-state index contributed by atoms with van der Waals surface area (Å²) in [6.07, 6.45) is 1.49. The van der Waals surface area contributed by atoms with Gasteiger partial charge in [-0.15, -0.1) is 6.58 Å². The number of aliphatic hydroxyl groups is 1. The highest BCUT2D eigenvalue weighted by Crippen LogP contribution is 2.10. The van der Waals surface area contributed by atoms with E-state index < -0.39 is 0 Å². The summed E-state index contributed by atoms with van der Waals surface area (Å²) in [5.74, 6) is 0. The molecule has 0 radical (unpaired) electrons. The van der Waals surface area contributed by atoms with E-state index in [4.69, 9.17) is 4.74 Å². The number of rotatable bonds is 3. The Morgan fingerprint density at radius 2 is 2.45 bits per heavy atom. The SMILES string of the molecule is C=CCN(C)C1COCC1O. The van der Waals surface area contributed by atoms with Crippen LogP contribution in [0, 0.1) is 0 Å². The van der Waals surface area contributed by atoms with Crippen molar-refractivity contribution >= 4 is 0 Å². The van der Waals surface area contributed by atoms with Gasteiger partial charge in [0.1, 0.15) is 0 Å². The van der Waals surface area contributed by atoms with Crippen LogP contribution in [-0.4, -0.2) is 49.0 Å². The third kappa shape index (κ3) is 2.02. The zero-order valence-corrected chi connectivity index (χ0v) is 6.86. The molecular weight excluding hydrogens is 142 g/mol. The minimum Gasteiger partial charge on any atom is -0.389 e. The van der Waals surface area contributed by atoms with Crippen molar-refractivity contribution in [3.63, 3.8) is 0 Å². The Kier molecular flexibility index (Phi) is 3.05. The highest BCUT2D eigenvalue weighted by Gasteiger charge is 2.28. The fourth-order valence-electron chi connectivity index (χ4n) is 1.29. The monoisotopic (exact) mass is 157 g/mol. The van der Waals surface area contributed by atoms with Crippen LogP contribution in [0.25, 0.3) is 0 Å². The smallest absolute Gasteiger partial charge is 0.0950 e. The average molecular weight is 157 g/mol. The molecule has 0 saturated carbocycles. The molecule has 1 saturated heterocycles. The Hall–Kier alpha value is -0.380. The predicted molar refractivity (Wildman–Crippen MR) is 43.4 cm³/mol. The first-order valence-corrected chi connectivity index (χ1v) is 3.82. The fourth-order valence-corrected chi connectivity index (χ4v) is 1.29. The Bertz CT molecular complexity index is 138. The van der Waals surface area contributed by atoms with Gasteiger partial charge in [0.25, 0.3) is 0 Å². The van der Waals surface area contributed by atoms with E-state index in [2.05, 4.69) is 6.58 Å². The second kappa shape index (κ2) is 3.85. The van der Waals surface area contributed by atoms with Crippen molar-refractivity contribution in [3.05, 3.63) is 12.7 Å². The number of aliphatic hydroxyl groups excluding tert-OH is 1. The number of hydrogen-bond acceptors (Lipinski definition) is 3. The zero-order chi connectivity index (χ0) is 8.27. The molecule has 0 amide bonds. The summed E-state index contributed by atoms with van der Waals surface area (Å²) >= 11 is 0. The van der Waals surface area contributed by atoms with Crippen molar-refractivity contribution in [2.24, 2.45) is 0 Å². The summed E-state index contributed by atoms with van der Waals surface area (Å²) in [6, 6.07) is 0.146. The van der Waals surface area contributed by atoms with E-state index in [0.717, 1.165) is 6.54 Å². The lowest BCUT2D eigenvalue weighted by Crippen LogP contribution is -2.40. The van der Waals surface area contributed by atoms with E-state index >= 15 is 0 Å². The van der Waals surface area contributed by atoms with Crippen molar-refractivity contribution in [2.75, 3.05) is 26.8 Å². The molecule has 3 heteroatoms. The third-order valence-electron chi connectivity index (χ3n) is 2.00. The Morgan fingerprint density at radius 1 is 1.73 bits per heavy atom. The Balaban J connectivity index is 2.38. The number of hydrogen-bond donors (Lipinski definition) is 1. The summed E-state index contributed by atoms with van der Waals surface area (Å²) in [6.45, 7) is 5.52. The molecule has 1 aliphatic heterocycles. The van der Waals surface area contributed by atoms with Crippen LogP contribution in [0.5, 0.6) is 0 Å². The number of ether oxygens (including phenoxy) is 1. The van der Waals surface area contributed by atoms with Crippen molar-refractivity contribution in [3.8, 4) is 0 Å². The normalized spacial score (nSPS) is 31.2. The Morgan fingerprint density at radius 3 is 2.91 bits per heavy atom. The molecule has 2 atom stereocenters. The topological polar surface area (TPSA) is 32.7 Å². The van der Waals surface area contributed by atoms with Crippen LogP contribution in [0.4, 0.5) is 0 Å². The van der Waals surface area contributed by atoms with Crippen LogP contribution in [0.2, 0.25) is 0 Å². The van der Waals surface area contributed by atoms with Gasteiger partial charge in [-0.05, 0) is 7.05 Å². The molecule has 11 heavy (non-hydrogen) atoms. The maximum atomic E-state index is 9.39. The molecule has 2 unspecified atom stereocenters. The molecule has 1 heterocycles. The molecule has 0 aliphatic carbocycles. The second-order valence-electron chi connectivity index (χ2n) is 2.90. The summed E-state index contributed by atoms with van der Waals surface area (Å²) in [7, 11) is 1.96. The van der Waals surface area contributed by atoms with Crippen molar-refractivity contribution in [1.82, 2.24) is 4.90 Å². The van der Waals surface area contributed by atoms with E-state index in [0.29, 0.717) is 13.2 Å². The molecule has 0 spiro atoms. The molecule has 0 aromatic heterocycles. The van der Waals surface area contributed by atoms with E-state index in [1.165, 1.54) is 0 Å². The summed E-state index contributed by atoms with van der Waals surface area (Å²) in [5.41, 5.74) is 0. The zero-order valence-electron chi connectivity index (χ0n) is 6.86. The summed E-state index contributed by atoms with van der Waals surface area (Å²) in [5, 5.41) is 9.39. The average Bonchev–Trinajstić information content (AvgIpc) is 2.36. The largest absolute Gasteiger partial charge is 0.389 e. The molecule has 64 valence electrons. The van der Waals surface area contributed by atoms with Crippen molar-refractivity contribution in [1.29, 1.82) is 0 Å². The van der Waals surface area contributed by atoms with Crippen molar-refractivity contribution < 1.29 is 9.84 Å². The lowest BCUT2D eigenvalue weighted by molar-refractivity contribution is 0.100. The van der Waals surface area contributed by atoms with Gasteiger partial charge in [-0.1, -0.05) is 6.08 Å². The third-order valence-corrected chi connectivity index (χ3v) is 2.00. The number of likely N-dealkylation sites (N-methyl/N-ethyl adjacent to an activating group) is 1. The number of nitrogens with zero attached hydrogens (tertiary/aromatic N) is 1. The van der Waals surface area contributed by atoms with Gasteiger partial charge < -0.3 is 9.84 Å². The van der Waals surface area contributed by atoms with Crippen LogP contribution >= 0.6 is 0 Å². The summed E-state index contributed by atoms with van der Waals surface area (Å²) < 4.78 is 5.11. The molecule has 3 nitrogen and oxygen atoms in total. The van der Waals surface area contributed by atoms with E-state index in [1.807, 2.05) is 18.0 Å². The van der Waals surface area contributed by atoms with E-state index in [1.54, 1.807) is 0 Å². The van der Waals surface area contributed by atoms with Gasteiger partial charge >= 0.3 is 0 Å². The quantitative estimate of drug-likeness (QED) is 0.579. The van der Waals surface area contributed by atoms with Crippen LogP contribution in [-0.2, 0) is 4.74 Å². The van der Waals surface area contributed by atoms with Gasteiger partial charge in [0.2, 0.25) is 0 Å². The highest BCUT2D eigenvalue weighted by molar-refractivity contribution is 4.85. The molecule has 0 aromatic carbocycles. The molecule has 1 fully saturated rings. The lowest BCUT2D eigenvalue weighted by Gasteiger charge is -2.23. The first-order chi connectivity index (χ1) is 5.25. The first kappa shape index (κ1) is 8.71. The predicted octanol–water partition coefficient (Wildman–Crippen LogP) is -0.136. The second-order valence-corrected chi connectivity index (χ2v) is 2.90. The molecule has 0 bridgehead atoms. The van der Waals surface area contributed by atoms with Gasteiger partial charge in [0.05, 0.1) is 25.4 Å². The molecular formula is C8H15NO2. The van der Waals surface area contributed by atoms with Gasteiger partial charge in [-0.2, -0.15) is 0 Å². The first-order valence-electron chi connectivity index (χ1n) is 3.82. The molecule has 1 aliphatic rings. The maximum absolute atomic E-state index is 9.39. The minimum absolute atomic E-state index is 0.146. The maximum Gasteiger partial charge on any atom is 0.0950 e. The highest BCUT2D eigenvalue weighted by atomic mass is 16.5. The van der Waals surface area contributed by atoms with Gasteiger partial charge in [-0.25, -0.2) is 0 Å². The van der Waals surface area contributed by atoms with Crippen LogP contribution < -0.4 is 0 Å². The molecule has 1 N–H and O–H groups in total. The van der Waals surface area contributed by atoms with Crippen LogP contribution in [0.1, 0.15) is 0 Å². The molecule has 1 rings (SSSR count). The fraction of sp³-hybridized carbons (Fsp3) is 0.750. The Labute approximate surface area is 67.3 Å². The van der Waals surface area contributed by atoms with Gasteiger partial charge in [0.15, 0.2) is 0 Å². The standard InChI is InChI=1S/C8H15NO2/c1-3-4-9(2)7-5-11-6-8(7)10/h3,7-8,10H,1,4-6H2,2H3. The van der Waals surface area contributed by atoms with Crippen LogP contribution in [0.3, 0.4) is 0 Å². The summed E-state index contributed by atoms with van der Waals surface area (Å²) in [4.78, 5) is 2.05. The van der Waals surface area contributed by atoms with E-state index in [-0.39, 0.29) is 12.1 Å². The lowest BCUT2D eigenvalue weighted by atomic mass is 10.2. The van der Waals surface area contributed by atoms with Gasteiger partial charge in [0, 0.05) is 6.54 Å². The van der Waals surface area contributed by atoms with E-state index in [9.17, 15) is 5.11 Å². The van der Waals surface area contributed by atoms with Gasteiger partial charge in [-0.3, -0.25) is 4.90 Å². The van der Waals surface area contributed by atoms with Crippen molar-refractivity contribution in [2.45, 2.75) is 12.1 Å². The minimum atomic E-state index is -0.333. The van der Waals surface area contributed by atoms with Crippen LogP contribution in [0.15, 0.2) is 12.7 Å².